The quantitative estimate of drug-likeness (QED) is 0.506. The summed E-state index contributed by atoms with van der Waals surface area (Å²) in [6.07, 6.45) is 2.08. The number of carbonyl (C=O) groups excluding carboxylic acids is 1. The predicted molar refractivity (Wildman–Crippen MR) is 57.1 cm³/mol. The summed E-state index contributed by atoms with van der Waals surface area (Å²) in [5, 5.41) is 14.4. The van der Waals surface area contributed by atoms with E-state index in [9.17, 15) is 9.59 Å². The number of carboxylic acids is 1. The minimum Gasteiger partial charge on any atom is -0.480 e. The summed E-state index contributed by atoms with van der Waals surface area (Å²) in [4.78, 5) is 22.3. The molecule has 1 aliphatic rings. The Morgan fingerprint density at radius 1 is 1.44 bits per heavy atom. The molecule has 6 heteroatoms. The Labute approximate surface area is 94.3 Å². The van der Waals surface area contributed by atoms with Crippen LogP contribution in [0.1, 0.15) is 19.3 Å². The second kappa shape index (κ2) is 5.81. The fourth-order valence-corrected chi connectivity index (χ4v) is 1.60. The number of methoxy groups -OCH3 is 1. The zero-order chi connectivity index (χ0) is 12.0. The van der Waals surface area contributed by atoms with Gasteiger partial charge < -0.3 is 15.2 Å². The lowest BCUT2D eigenvalue weighted by molar-refractivity contribution is -0.149. The van der Waals surface area contributed by atoms with Gasteiger partial charge in [-0.25, -0.2) is 0 Å². The van der Waals surface area contributed by atoms with E-state index in [4.69, 9.17) is 9.84 Å². The number of hydrogen-bond donors (Lipinski definition) is 3. The third kappa shape index (κ3) is 3.18. The van der Waals surface area contributed by atoms with Crippen molar-refractivity contribution in [2.75, 3.05) is 26.8 Å². The molecule has 0 atom stereocenters. The highest BCUT2D eigenvalue weighted by molar-refractivity contribution is 5.82. The number of aliphatic carboxylic acids is 1. The summed E-state index contributed by atoms with van der Waals surface area (Å²) in [6, 6.07) is 0. The summed E-state index contributed by atoms with van der Waals surface area (Å²) < 4.78 is 4.78. The zero-order valence-corrected chi connectivity index (χ0v) is 9.41. The average Bonchev–Trinajstić information content (AvgIpc) is 2.16. The highest BCUT2D eigenvalue weighted by atomic mass is 16.5. The zero-order valence-electron chi connectivity index (χ0n) is 9.41. The molecule has 0 aromatic heterocycles. The van der Waals surface area contributed by atoms with Crippen LogP contribution in [0, 0.1) is 0 Å². The van der Waals surface area contributed by atoms with Gasteiger partial charge in [0.25, 0.3) is 0 Å². The Hall–Kier alpha value is -1.14. The van der Waals surface area contributed by atoms with Crippen LogP contribution in [0.5, 0.6) is 0 Å². The van der Waals surface area contributed by atoms with Crippen LogP contribution in [0.3, 0.4) is 0 Å². The van der Waals surface area contributed by atoms with Gasteiger partial charge in [-0.1, -0.05) is 0 Å². The summed E-state index contributed by atoms with van der Waals surface area (Å²) in [5.74, 6) is -1.08. The minimum atomic E-state index is -0.876. The molecule has 3 N–H and O–H groups in total. The van der Waals surface area contributed by atoms with Gasteiger partial charge in [-0.2, -0.15) is 0 Å². The summed E-state index contributed by atoms with van der Waals surface area (Å²) in [7, 11) is 1.55. The molecule has 0 aliphatic heterocycles. The van der Waals surface area contributed by atoms with E-state index < -0.39 is 11.5 Å². The molecule has 1 aliphatic carbocycles. The number of nitrogens with one attached hydrogen (secondary N) is 2. The fourth-order valence-electron chi connectivity index (χ4n) is 1.60. The molecule has 1 fully saturated rings. The lowest BCUT2D eigenvalue weighted by Gasteiger charge is -2.38. The van der Waals surface area contributed by atoms with Gasteiger partial charge in [0, 0.05) is 13.7 Å². The molecule has 0 unspecified atom stereocenters. The van der Waals surface area contributed by atoms with Gasteiger partial charge in [0.1, 0.15) is 5.54 Å². The van der Waals surface area contributed by atoms with Crippen LogP contribution in [0.15, 0.2) is 0 Å². The van der Waals surface area contributed by atoms with Crippen molar-refractivity contribution < 1.29 is 19.4 Å². The molecule has 0 radical (unpaired) electrons. The van der Waals surface area contributed by atoms with Gasteiger partial charge in [0.2, 0.25) is 5.91 Å². The molecule has 0 spiro atoms. The van der Waals surface area contributed by atoms with Crippen LogP contribution < -0.4 is 10.6 Å². The van der Waals surface area contributed by atoms with Crippen LogP contribution in [0.4, 0.5) is 0 Å². The number of ether oxygens (including phenoxy) is 1. The largest absolute Gasteiger partial charge is 0.480 e. The van der Waals surface area contributed by atoms with Crippen molar-refractivity contribution in [1.29, 1.82) is 0 Å². The van der Waals surface area contributed by atoms with E-state index >= 15 is 0 Å². The van der Waals surface area contributed by atoms with E-state index in [1.54, 1.807) is 7.11 Å². The van der Waals surface area contributed by atoms with Crippen molar-refractivity contribution in [2.45, 2.75) is 24.8 Å². The van der Waals surface area contributed by atoms with Crippen LogP contribution in [-0.2, 0) is 14.3 Å². The highest BCUT2D eigenvalue weighted by Crippen LogP contribution is 2.31. The van der Waals surface area contributed by atoms with E-state index in [1.807, 2.05) is 0 Å². The Morgan fingerprint density at radius 2 is 2.12 bits per heavy atom. The number of hydrogen-bond acceptors (Lipinski definition) is 4. The molecule has 1 saturated carbocycles. The second-order valence-corrected chi connectivity index (χ2v) is 3.94. The lowest BCUT2D eigenvalue weighted by atomic mass is 9.77. The molecular formula is C10H18N2O4. The van der Waals surface area contributed by atoms with E-state index in [-0.39, 0.29) is 12.5 Å². The van der Waals surface area contributed by atoms with Gasteiger partial charge in [0.15, 0.2) is 0 Å². The summed E-state index contributed by atoms with van der Waals surface area (Å²) in [6.45, 7) is 0.933. The van der Waals surface area contributed by atoms with Gasteiger partial charge in [0.05, 0.1) is 13.2 Å². The maximum absolute atomic E-state index is 11.3. The molecule has 0 aromatic carbocycles. The highest BCUT2D eigenvalue weighted by Gasteiger charge is 2.44. The maximum Gasteiger partial charge on any atom is 0.323 e. The normalized spacial score (nSPS) is 17.6. The maximum atomic E-state index is 11.3. The van der Waals surface area contributed by atoms with Crippen molar-refractivity contribution in [3.63, 3.8) is 0 Å². The van der Waals surface area contributed by atoms with Gasteiger partial charge in [-0.3, -0.25) is 14.9 Å². The van der Waals surface area contributed by atoms with Gasteiger partial charge >= 0.3 is 5.97 Å². The number of carboxylic acid groups (broad SMARTS) is 1. The van der Waals surface area contributed by atoms with E-state index in [0.29, 0.717) is 26.0 Å². The van der Waals surface area contributed by atoms with Crippen LogP contribution >= 0.6 is 0 Å². The minimum absolute atomic E-state index is 0.0377. The Bertz CT molecular complexity index is 264. The van der Waals surface area contributed by atoms with E-state index in [2.05, 4.69) is 10.6 Å². The summed E-state index contributed by atoms with van der Waals surface area (Å²) >= 11 is 0. The second-order valence-electron chi connectivity index (χ2n) is 3.94. The first-order valence-corrected chi connectivity index (χ1v) is 5.35. The molecule has 0 bridgehead atoms. The van der Waals surface area contributed by atoms with Gasteiger partial charge in [-0.15, -0.1) is 0 Å². The topological polar surface area (TPSA) is 87.7 Å². The Kier molecular flexibility index (Phi) is 4.70. The first-order valence-electron chi connectivity index (χ1n) is 5.35. The molecule has 0 saturated heterocycles. The molecule has 6 nitrogen and oxygen atoms in total. The molecular weight excluding hydrogens is 212 g/mol. The molecule has 92 valence electrons. The average molecular weight is 230 g/mol. The SMILES string of the molecule is COCCNC(=O)CNC1(C(=O)O)CCC1. The molecule has 0 aromatic rings. The number of rotatable bonds is 7. The third-order valence-electron chi connectivity index (χ3n) is 2.83. The molecule has 0 heterocycles. The molecule has 1 rings (SSSR count). The van der Waals surface area contributed by atoms with Crippen molar-refractivity contribution in [3.05, 3.63) is 0 Å². The van der Waals surface area contributed by atoms with Crippen LogP contribution in [0.25, 0.3) is 0 Å². The van der Waals surface area contributed by atoms with Crippen LogP contribution in [-0.4, -0.2) is 49.3 Å². The van der Waals surface area contributed by atoms with Crippen molar-refractivity contribution in [3.8, 4) is 0 Å². The Balaban J connectivity index is 2.22. The predicted octanol–water partition coefficient (Wildman–Crippen LogP) is -0.654. The van der Waals surface area contributed by atoms with Crippen molar-refractivity contribution >= 4 is 11.9 Å². The summed E-state index contributed by atoms with van der Waals surface area (Å²) in [5.41, 5.74) is -0.876. The lowest BCUT2D eigenvalue weighted by Crippen LogP contribution is -2.59. The molecule has 1 amide bonds. The van der Waals surface area contributed by atoms with E-state index in [1.165, 1.54) is 0 Å². The van der Waals surface area contributed by atoms with Crippen molar-refractivity contribution in [2.24, 2.45) is 0 Å². The Morgan fingerprint density at radius 3 is 2.56 bits per heavy atom. The standard InChI is InChI=1S/C10H18N2O4/c1-16-6-5-11-8(13)7-12-10(9(14)15)3-2-4-10/h12H,2-7H2,1H3,(H,11,13)(H,14,15). The van der Waals surface area contributed by atoms with Gasteiger partial charge in [-0.05, 0) is 19.3 Å². The van der Waals surface area contributed by atoms with Crippen molar-refractivity contribution in [1.82, 2.24) is 10.6 Å². The first kappa shape index (κ1) is 12.9. The third-order valence-corrected chi connectivity index (χ3v) is 2.83. The smallest absolute Gasteiger partial charge is 0.323 e. The monoisotopic (exact) mass is 230 g/mol. The molecule has 16 heavy (non-hydrogen) atoms. The van der Waals surface area contributed by atoms with Crippen LogP contribution in [0.2, 0.25) is 0 Å². The number of amides is 1. The first-order chi connectivity index (χ1) is 7.60. The van der Waals surface area contributed by atoms with E-state index in [0.717, 1.165) is 6.42 Å². The fraction of sp³-hybridized carbons (Fsp3) is 0.800. The number of carbonyl (C=O) groups is 2.